The molecule has 28 heavy (non-hydrogen) atoms. The fraction of sp³-hybridized carbons (Fsp3) is 0.476. The standard InChI is InChI=1S/C21H30N2O5/c1-5-6-12-17(13-15(2)3)19(24)23(21(26)22-27)18(20(25)28-4)14-16-10-8-7-9-11-16/h5,7-11,15,17-18,27H,1,6,12-14H2,2-4H3,(H,22,26)/t17?,18-/m0/s1. The van der Waals surface area contributed by atoms with Gasteiger partial charge in [-0.1, -0.05) is 50.3 Å². The second-order valence-corrected chi connectivity index (χ2v) is 7.05. The minimum Gasteiger partial charge on any atom is -0.467 e. The molecule has 0 aliphatic heterocycles. The molecular formula is C21H30N2O5. The summed E-state index contributed by atoms with van der Waals surface area (Å²) in [4.78, 5) is 38.9. The van der Waals surface area contributed by atoms with Crippen LogP contribution >= 0.6 is 0 Å². The number of allylic oxidation sites excluding steroid dienone is 1. The minimum absolute atomic E-state index is 0.0858. The number of nitrogens with zero attached hydrogens (tertiary/aromatic N) is 1. The Labute approximate surface area is 166 Å². The van der Waals surface area contributed by atoms with Gasteiger partial charge in [0, 0.05) is 12.3 Å². The number of rotatable bonds is 10. The van der Waals surface area contributed by atoms with E-state index in [2.05, 4.69) is 6.58 Å². The topological polar surface area (TPSA) is 95.9 Å². The van der Waals surface area contributed by atoms with Crippen molar-refractivity contribution in [2.45, 2.75) is 45.6 Å². The lowest BCUT2D eigenvalue weighted by atomic mass is 9.90. The van der Waals surface area contributed by atoms with Gasteiger partial charge in [0.05, 0.1) is 7.11 Å². The Morgan fingerprint density at radius 3 is 2.39 bits per heavy atom. The molecule has 0 aliphatic carbocycles. The maximum atomic E-state index is 13.2. The van der Waals surface area contributed by atoms with Crippen LogP contribution in [0.25, 0.3) is 0 Å². The lowest BCUT2D eigenvalue weighted by Gasteiger charge is -2.31. The summed E-state index contributed by atoms with van der Waals surface area (Å²) < 4.78 is 4.84. The van der Waals surface area contributed by atoms with E-state index < -0.39 is 29.9 Å². The largest absolute Gasteiger partial charge is 0.467 e. The van der Waals surface area contributed by atoms with Crippen LogP contribution in [0.2, 0.25) is 0 Å². The average Bonchev–Trinajstić information content (AvgIpc) is 2.70. The first-order chi connectivity index (χ1) is 13.3. The second-order valence-electron chi connectivity index (χ2n) is 7.05. The van der Waals surface area contributed by atoms with Crippen molar-refractivity contribution in [3.05, 3.63) is 48.6 Å². The van der Waals surface area contributed by atoms with E-state index in [0.29, 0.717) is 19.3 Å². The molecule has 7 nitrogen and oxygen atoms in total. The maximum absolute atomic E-state index is 13.2. The third-order valence-electron chi connectivity index (χ3n) is 4.43. The van der Waals surface area contributed by atoms with E-state index in [1.54, 1.807) is 30.3 Å². The lowest BCUT2D eigenvalue weighted by molar-refractivity contribution is -0.152. The normalized spacial score (nSPS) is 12.8. The molecule has 7 heteroatoms. The number of carbonyl (C=O) groups excluding carboxylic acids is 3. The van der Waals surface area contributed by atoms with Gasteiger partial charge < -0.3 is 4.74 Å². The summed E-state index contributed by atoms with van der Waals surface area (Å²) in [5.74, 6) is -1.53. The SMILES string of the molecule is C=CCCC(CC(C)C)C(=O)N(C(=O)NO)[C@@H](Cc1ccccc1)C(=O)OC. The monoisotopic (exact) mass is 390 g/mol. The van der Waals surface area contributed by atoms with Gasteiger partial charge in [-0.3, -0.25) is 10.0 Å². The van der Waals surface area contributed by atoms with Gasteiger partial charge in [0.2, 0.25) is 5.91 Å². The number of carbonyl (C=O) groups is 3. The maximum Gasteiger partial charge on any atom is 0.348 e. The van der Waals surface area contributed by atoms with Crippen LogP contribution in [0.4, 0.5) is 4.79 Å². The Hall–Kier alpha value is -2.67. The molecule has 1 aromatic rings. The van der Waals surface area contributed by atoms with Crippen LogP contribution in [0.1, 0.15) is 38.7 Å². The summed E-state index contributed by atoms with van der Waals surface area (Å²) in [6, 6.07) is 6.77. The molecule has 0 spiro atoms. The third kappa shape index (κ3) is 6.81. The number of hydroxylamine groups is 1. The van der Waals surface area contributed by atoms with Gasteiger partial charge in [0.1, 0.15) is 6.04 Å². The van der Waals surface area contributed by atoms with Crippen molar-refractivity contribution in [1.29, 1.82) is 0 Å². The molecule has 0 bridgehead atoms. The quantitative estimate of drug-likeness (QED) is 0.276. The van der Waals surface area contributed by atoms with Crippen molar-refractivity contribution < 1.29 is 24.3 Å². The van der Waals surface area contributed by atoms with E-state index >= 15 is 0 Å². The zero-order valence-corrected chi connectivity index (χ0v) is 16.8. The van der Waals surface area contributed by atoms with Gasteiger partial charge in [-0.05, 0) is 30.7 Å². The molecule has 1 unspecified atom stereocenters. The Kier molecular flexibility index (Phi) is 9.95. The molecular weight excluding hydrogens is 360 g/mol. The Balaban J connectivity index is 3.27. The van der Waals surface area contributed by atoms with Crippen molar-refractivity contribution in [2.75, 3.05) is 7.11 Å². The summed E-state index contributed by atoms with van der Waals surface area (Å²) in [6.07, 6.45) is 3.43. The summed E-state index contributed by atoms with van der Waals surface area (Å²) >= 11 is 0. The molecule has 0 aromatic heterocycles. The van der Waals surface area contributed by atoms with Crippen LogP contribution < -0.4 is 5.48 Å². The molecule has 0 heterocycles. The van der Waals surface area contributed by atoms with Gasteiger partial charge in [-0.25, -0.2) is 20.0 Å². The number of amides is 3. The highest BCUT2D eigenvalue weighted by Crippen LogP contribution is 2.23. The van der Waals surface area contributed by atoms with Gasteiger partial charge >= 0.3 is 12.0 Å². The number of imide groups is 1. The van der Waals surface area contributed by atoms with Crippen molar-refractivity contribution in [1.82, 2.24) is 10.4 Å². The van der Waals surface area contributed by atoms with Crippen LogP contribution in [0, 0.1) is 11.8 Å². The highest BCUT2D eigenvalue weighted by molar-refractivity contribution is 5.99. The zero-order chi connectivity index (χ0) is 21.1. The van der Waals surface area contributed by atoms with Gasteiger partial charge in [0.15, 0.2) is 0 Å². The fourth-order valence-electron chi connectivity index (χ4n) is 3.13. The van der Waals surface area contributed by atoms with E-state index in [-0.39, 0.29) is 12.3 Å². The number of methoxy groups -OCH3 is 1. The van der Waals surface area contributed by atoms with Crippen molar-refractivity contribution >= 4 is 17.9 Å². The van der Waals surface area contributed by atoms with Crippen LogP contribution in [0.15, 0.2) is 43.0 Å². The van der Waals surface area contributed by atoms with Crippen LogP contribution in [0.5, 0.6) is 0 Å². The van der Waals surface area contributed by atoms with Gasteiger partial charge in [-0.2, -0.15) is 0 Å². The van der Waals surface area contributed by atoms with E-state index in [9.17, 15) is 19.6 Å². The molecule has 0 saturated carbocycles. The third-order valence-corrected chi connectivity index (χ3v) is 4.43. The first-order valence-corrected chi connectivity index (χ1v) is 9.35. The van der Waals surface area contributed by atoms with Crippen molar-refractivity contribution in [3.8, 4) is 0 Å². The number of hydrogen-bond donors (Lipinski definition) is 2. The number of esters is 1. The van der Waals surface area contributed by atoms with Gasteiger partial charge in [0.25, 0.3) is 0 Å². The predicted octanol–water partition coefficient (Wildman–Crippen LogP) is 3.33. The molecule has 2 N–H and O–H groups in total. The molecule has 0 aliphatic rings. The van der Waals surface area contributed by atoms with Crippen molar-refractivity contribution in [3.63, 3.8) is 0 Å². The number of nitrogens with one attached hydrogen (secondary N) is 1. The lowest BCUT2D eigenvalue weighted by Crippen LogP contribution is -2.55. The summed E-state index contributed by atoms with van der Waals surface area (Å²) in [7, 11) is 1.20. The second kappa shape index (κ2) is 11.9. The van der Waals surface area contributed by atoms with Gasteiger partial charge in [-0.15, -0.1) is 6.58 Å². The number of urea groups is 1. The molecule has 0 fully saturated rings. The average molecular weight is 390 g/mol. The summed E-state index contributed by atoms with van der Waals surface area (Å²) in [5.41, 5.74) is 2.25. The smallest absolute Gasteiger partial charge is 0.348 e. The molecule has 0 saturated heterocycles. The minimum atomic E-state index is -1.19. The van der Waals surface area contributed by atoms with E-state index in [0.717, 1.165) is 10.5 Å². The molecule has 1 aromatic carbocycles. The van der Waals surface area contributed by atoms with E-state index in [1.807, 2.05) is 19.9 Å². The van der Waals surface area contributed by atoms with Crippen LogP contribution in [0.3, 0.4) is 0 Å². The highest BCUT2D eigenvalue weighted by Gasteiger charge is 2.38. The number of hydrogen-bond acceptors (Lipinski definition) is 5. The Morgan fingerprint density at radius 2 is 1.89 bits per heavy atom. The molecule has 3 amide bonds. The Bertz CT molecular complexity index is 660. The molecule has 2 atom stereocenters. The summed E-state index contributed by atoms with van der Waals surface area (Å²) in [6.45, 7) is 7.64. The molecule has 0 radical (unpaired) electrons. The number of ether oxygens (including phenoxy) is 1. The fourth-order valence-corrected chi connectivity index (χ4v) is 3.13. The van der Waals surface area contributed by atoms with Crippen LogP contribution in [-0.4, -0.2) is 41.2 Å². The summed E-state index contributed by atoms with van der Waals surface area (Å²) in [5, 5.41) is 9.20. The first-order valence-electron chi connectivity index (χ1n) is 9.35. The number of benzene rings is 1. The predicted molar refractivity (Wildman–Crippen MR) is 105 cm³/mol. The van der Waals surface area contributed by atoms with E-state index in [1.165, 1.54) is 12.6 Å². The van der Waals surface area contributed by atoms with E-state index in [4.69, 9.17) is 4.74 Å². The van der Waals surface area contributed by atoms with Crippen LogP contribution in [-0.2, 0) is 20.7 Å². The first kappa shape index (κ1) is 23.4. The molecule has 154 valence electrons. The highest BCUT2D eigenvalue weighted by atomic mass is 16.5. The zero-order valence-electron chi connectivity index (χ0n) is 16.8. The van der Waals surface area contributed by atoms with Crippen molar-refractivity contribution in [2.24, 2.45) is 11.8 Å². The Morgan fingerprint density at radius 1 is 1.25 bits per heavy atom. The molecule has 1 rings (SSSR count).